The van der Waals surface area contributed by atoms with E-state index in [-0.39, 0.29) is 23.0 Å². The minimum absolute atomic E-state index is 0.0548. The molecule has 2 amide bonds. The maximum absolute atomic E-state index is 14.0. The summed E-state index contributed by atoms with van der Waals surface area (Å²) in [6, 6.07) is 21.7. The number of hydrogen-bond donors (Lipinski definition) is 1. The second-order valence-corrected chi connectivity index (χ2v) is 13.1. The van der Waals surface area contributed by atoms with E-state index in [0.717, 1.165) is 15.4 Å². The lowest BCUT2D eigenvalue weighted by Gasteiger charge is -2.34. The molecule has 0 fully saturated rings. The summed E-state index contributed by atoms with van der Waals surface area (Å²) in [6.45, 7) is 9.09. The van der Waals surface area contributed by atoms with Gasteiger partial charge in [0.1, 0.15) is 12.6 Å². The Morgan fingerprint density at radius 2 is 1.60 bits per heavy atom. The van der Waals surface area contributed by atoms with Crippen molar-refractivity contribution in [3.8, 4) is 0 Å². The van der Waals surface area contributed by atoms with E-state index in [4.69, 9.17) is 11.6 Å². The minimum Gasteiger partial charge on any atom is -0.350 e. The van der Waals surface area contributed by atoms with Crippen LogP contribution in [0.1, 0.15) is 45.2 Å². The van der Waals surface area contributed by atoms with Crippen molar-refractivity contribution in [3.05, 3.63) is 95.0 Å². The Morgan fingerprint density at radius 1 is 0.950 bits per heavy atom. The summed E-state index contributed by atoms with van der Waals surface area (Å²) in [4.78, 5) is 28.9. The second-order valence-electron chi connectivity index (χ2n) is 10.8. The van der Waals surface area contributed by atoms with Gasteiger partial charge in [-0.25, -0.2) is 8.42 Å². The molecule has 0 aliphatic rings. The van der Waals surface area contributed by atoms with E-state index < -0.39 is 34.1 Å². The molecule has 0 aliphatic heterocycles. The molecular formula is C31H38ClN3O4S. The van der Waals surface area contributed by atoms with Crippen LogP contribution >= 0.6 is 11.6 Å². The third-order valence-electron chi connectivity index (χ3n) is 6.35. The van der Waals surface area contributed by atoms with Crippen molar-refractivity contribution in [2.24, 2.45) is 0 Å². The first-order valence-electron chi connectivity index (χ1n) is 13.3. The Labute approximate surface area is 243 Å². The van der Waals surface area contributed by atoms with Crippen molar-refractivity contribution in [2.45, 2.75) is 63.9 Å². The van der Waals surface area contributed by atoms with Crippen LogP contribution < -0.4 is 9.62 Å². The topological polar surface area (TPSA) is 86.8 Å². The fourth-order valence-corrected chi connectivity index (χ4v) is 5.94. The molecule has 3 aromatic rings. The number of carbonyl (C=O) groups excluding carboxylic acids is 2. The Balaban J connectivity index is 2.02. The van der Waals surface area contributed by atoms with Gasteiger partial charge in [-0.05, 0) is 76.4 Å². The number of nitrogens with zero attached hydrogens (tertiary/aromatic N) is 2. The second kappa shape index (κ2) is 13.3. The van der Waals surface area contributed by atoms with Crippen molar-refractivity contribution in [3.63, 3.8) is 0 Å². The number of nitrogens with one attached hydrogen (secondary N) is 1. The molecule has 0 saturated carbocycles. The summed E-state index contributed by atoms with van der Waals surface area (Å²) in [6.07, 6.45) is 0.873. The molecule has 9 heteroatoms. The Morgan fingerprint density at radius 3 is 2.17 bits per heavy atom. The lowest BCUT2D eigenvalue weighted by atomic mass is 10.1. The van der Waals surface area contributed by atoms with Crippen molar-refractivity contribution < 1.29 is 18.0 Å². The number of amides is 2. The van der Waals surface area contributed by atoms with Gasteiger partial charge in [-0.3, -0.25) is 13.9 Å². The molecule has 214 valence electrons. The smallest absolute Gasteiger partial charge is 0.264 e. The van der Waals surface area contributed by atoms with Crippen molar-refractivity contribution in [2.75, 3.05) is 17.4 Å². The van der Waals surface area contributed by atoms with Crippen LogP contribution in [0.25, 0.3) is 0 Å². The predicted octanol–water partition coefficient (Wildman–Crippen LogP) is 5.61. The third-order valence-corrected chi connectivity index (χ3v) is 8.38. The number of benzene rings is 3. The highest BCUT2D eigenvalue weighted by Crippen LogP contribution is 2.27. The fourth-order valence-electron chi connectivity index (χ4n) is 4.35. The SMILES string of the molecule is CC[C@@H](C(=O)NC(C)(C)C)N(CCc1ccccc1)C(=O)CN(c1cccc(Cl)c1)S(=O)(=O)c1ccc(C)cc1. The first kappa shape index (κ1) is 31.2. The Kier molecular flexibility index (Phi) is 10.4. The first-order valence-corrected chi connectivity index (χ1v) is 15.1. The maximum atomic E-state index is 14.0. The van der Waals surface area contributed by atoms with Gasteiger partial charge in [-0.1, -0.05) is 72.6 Å². The molecule has 0 radical (unpaired) electrons. The molecule has 0 aromatic heterocycles. The summed E-state index contributed by atoms with van der Waals surface area (Å²) >= 11 is 6.23. The number of aryl methyl sites for hydroxylation is 1. The molecule has 1 N–H and O–H groups in total. The lowest BCUT2D eigenvalue weighted by molar-refractivity contribution is -0.140. The van der Waals surface area contributed by atoms with Gasteiger partial charge in [0, 0.05) is 17.1 Å². The lowest BCUT2D eigenvalue weighted by Crippen LogP contribution is -2.56. The van der Waals surface area contributed by atoms with E-state index >= 15 is 0 Å². The summed E-state index contributed by atoms with van der Waals surface area (Å²) in [7, 11) is -4.14. The zero-order chi connectivity index (χ0) is 29.5. The number of sulfonamides is 1. The van der Waals surface area contributed by atoms with Crippen molar-refractivity contribution >= 4 is 39.1 Å². The molecule has 0 unspecified atom stereocenters. The van der Waals surface area contributed by atoms with Crippen LogP contribution in [0.2, 0.25) is 5.02 Å². The van der Waals surface area contributed by atoms with Crippen LogP contribution in [0.4, 0.5) is 5.69 Å². The van der Waals surface area contributed by atoms with Gasteiger partial charge in [-0.15, -0.1) is 0 Å². The van der Waals surface area contributed by atoms with E-state index in [1.165, 1.54) is 23.1 Å². The van der Waals surface area contributed by atoms with Crippen molar-refractivity contribution in [1.82, 2.24) is 10.2 Å². The van der Waals surface area contributed by atoms with E-state index in [2.05, 4.69) is 5.32 Å². The predicted molar refractivity (Wildman–Crippen MR) is 161 cm³/mol. The average molecular weight is 584 g/mol. The number of anilines is 1. The Hall–Kier alpha value is -3.36. The van der Waals surface area contributed by atoms with Crippen LogP contribution in [0.3, 0.4) is 0 Å². The summed E-state index contributed by atoms with van der Waals surface area (Å²) in [5.41, 5.74) is 1.68. The average Bonchev–Trinajstić information content (AvgIpc) is 2.89. The summed E-state index contributed by atoms with van der Waals surface area (Å²) in [5.74, 6) is -0.769. The number of rotatable bonds is 11. The van der Waals surface area contributed by atoms with E-state index in [0.29, 0.717) is 17.9 Å². The van der Waals surface area contributed by atoms with Gasteiger partial charge in [0.2, 0.25) is 11.8 Å². The molecule has 3 rings (SSSR count). The molecule has 3 aromatic carbocycles. The van der Waals surface area contributed by atoms with Crippen LogP contribution in [0.5, 0.6) is 0 Å². The monoisotopic (exact) mass is 583 g/mol. The van der Waals surface area contributed by atoms with E-state index in [9.17, 15) is 18.0 Å². The van der Waals surface area contributed by atoms with Gasteiger partial charge in [0.25, 0.3) is 10.0 Å². The molecule has 0 saturated heterocycles. The van der Waals surface area contributed by atoms with Gasteiger partial charge in [-0.2, -0.15) is 0 Å². The zero-order valence-corrected chi connectivity index (χ0v) is 25.3. The molecule has 1 atom stereocenters. The van der Waals surface area contributed by atoms with Crippen LogP contribution in [0.15, 0.2) is 83.8 Å². The van der Waals surface area contributed by atoms with Crippen LogP contribution in [-0.4, -0.2) is 49.8 Å². The number of hydrogen-bond acceptors (Lipinski definition) is 4. The highest BCUT2D eigenvalue weighted by Gasteiger charge is 2.34. The van der Waals surface area contributed by atoms with Crippen LogP contribution in [-0.2, 0) is 26.0 Å². The number of carbonyl (C=O) groups is 2. The van der Waals surface area contributed by atoms with Gasteiger partial charge in [0.05, 0.1) is 10.6 Å². The molecule has 0 spiro atoms. The highest BCUT2D eigenvalue weighted by atomic mass is 35.5. The molecule has 7 nitrogen and oxygen atoms in total. The molecular weight excluding hydrogens is 546 g/mol. The van der Waals surface area contributed by atoms with Gasteiger partial charge < -0.3 is 10.2 Å². The molecule has 0 bridgehead atoms. The largest absolute Gasteiger partial charge is 0.350 e. The van der Waals surface area contributed by atoms with Crippen molar-refractivity contribution in [1.29, 1.82) is 0 Å². The van der Waals surface area contributed by atoms with E-state index in [1.807, 2.05) is 65.0 Å². The summed E-state index contributed by atoms with van der Waals surface area (Å²) < 4.78 is 28.8. The van der Waals surface area contributed by atoms with Gasteiger partial charge >= 0.3 is 0 Å². The van der Waals surface area contributed by atoms with E-state index in [1.54, 1.807) is 30.3 Å². The molecule has 0 heterocycles. The third kappa shape index (κ3) is 8.32. The zero-order valence-electron chi connectivity index (χ0n) is 23.7. The number of halogens is 1. The maximum Gasteiger partial charge on any atom is 0.264 e. The quantitative estimate of drug-likeness (QED) is 0.318. The summed E-state index contributed by atoms with van der Waals surface area (Å²) in [5, 5.41) is 3.31. The molecule has 40 heavy (non-hydrogen) atoms. The standard InChI is InChI=1S/C31H38ClN3O4S/c1-6-28(30(37)33-31(3,4)5)34(20-19-24-11-8-7-9-12-24)29(36)22-35(26-14-10-13-25(32)21-26)40(38,39)27-17-15-23(2)16-18-27/h7-18,21,28H,6,19-20,22H2,1-5H3,(H,33,37)/t28-/m0/s1. The molecule has 0 aliphatic carbocycles. The van der Waals surface area contributed by atoms with Crippen LogP contribution in [0, 0.1) is 6.92 Å². The first-order chi connectivity index (χ1) is 18.8. The minimum atomic E-state index is -4.14. The highest BCUT2D eigenvalue weighted by molar-refractivity contribution is 7.92. The normalized spacial score (nSPS) is 12.4. The Bertz CT molecular complexity index is 1400. The fraction of sp³-hybridized carbons (Fsp3) is 0.355. The van der Waals surface area contributed by atoms with Gasteiger partial charge in [0.15, 0.2) is 0 Å².